The molecular formula is C11H15N3S. The van der Waals surface area contributed by atoms with Crippen LogP contribution in [0.4, 0.5) is 0 Å². The number of nitrogens with zero attached hydrogens (tertiary/aromatic N) is 1. The lowest BCUT2D eigenvalue weighted by atomic mass is 9.90. The second-order valence-electron chi connectivity index (χ2n) is 4.24. The number of nitrogens with one attached hydrogen (secondary N) is 2. The third kappa shape index (κ3) is 1.48. The van der Waals surface area contributed by atoms with Crippen LogP contribution in [0.1, 0.15) is 22.9 Å². The quantitative estimate of drug-likeness (QED) is 0.757. The van der Waals surface area contributed by atoms with E-state index in [0.29, 0.717) is 12.0 Å². The molecule has 15 heavy (non-hydrogen) atoms. The first-order chi connectivity index (χ1) is 7.36. The molecule has 3 nitrogen and oxygen atoms in total. The normalized spacial score (nSPS) is 29.5. The number of hydrogen-bond donors (Lipinski definition) is 2. The molecule has 0 bridgehead atoms. The van der Waals surface area contributed by atoms with Crippen LogP contribution in [-0.4, -0.2) is 18.8 Å². The Balaban J connectivity index is 1.88. The topological polar surface area (TPSA) is 36.4 Å². The van der Waals surface area contributed by atoms with Gasteiger partial charge in [0.25, 0.3) is 0 Å². The Morgan fingerprint density at radius 2 is 2.47 bits per heavy atom. The maximum absolute atomic E-state index is 4.47. The molecule has 2 aliphatic rings. The van der Waals surface area contributed by atoms with Crippen LogP contribution in [0.5, 0.6) is 0 Å². The van der Waals surface area contributed by atoms with E-state index in [1.807, 2.05) is 11.3 Å². The van der Waals surface area contributed by atoms with Gasteiger partial charge in [0.1, 0.15) is 0 Å². The molecule has 1 saturated heterocycles. The van der Waals surface area contributed by atoms with Crippen molar-refractivity contribution in [1.29, 1.82) is 0 Å². The number of hydrazone groups is 1. The van der Waals surface area contributed by atoms with E-state index in [-0.39, 0.29) is 0 Å². The Labute approximate surface area is 93.6 Å². The predicted octanol–water partition coefficient (Wildman–Crippen LogP) is 1.67. The van der Waals surface area contributed by atoms with Gasteiger partial charge in [0, 0.05) is 36.0 Å². The minimum absolute atomic E-state index is 0.410. The zero-order chi connectivity index (χ0) is 10.3. The zero-order valence-electron chi connectivity index (χ0n) is 8.79. The average molecular weight is 221 g/mol. The second kappa shape index (κ2) is 3.61. The highest BCUT2D eigenvalue weighted by atomic mass is 32.1. The number of rotatable bonds is 1. The Morgan fingerprint density at radius 3 is 3.27 bits per heavy atom. The second-order valence-corrected chi connectivity index (χ2v) is 5.19. The van der Waals surface area contributed by atoms with Crippen molar-refractivity contribution < 1.29 is 0 Å². The van der Waals surface area contributed by atoms with Crippen molar-refractivity contribution in [2.75, 3.05) is 13.1 Å². The maximum Gasteiger partial charge on any atom is 0.0877 e. The van der Waals surface area contributed by atoms with E-state index in [9.17, 15) is 0 Å². The molecule has 0 radical (unpaired) electrons. The Bertz CT molecular complexity index is 396. The molecule has 0 aromatic carbocycles. The SMILES string of the molecule is Cc1ccsc1C1NN=C2CCNCC21. The molecular weight excluding hydrogens is 206 g/mol. The minimum Gasteiger partial charge on any atom is -0.316 e. The van der Waals surface area contributed by atoms with Gasteiger partial charge in [0.2, 0.25) is 0 Å². The first-order valence-corrected chi connectivity index (χ1v) is 6.31. The molecule has 3 heterocycles. The number of thiophene rings is 1. The van der Waals surface area contributed by atoms with Gasteiger partial charge in [-0.1, -0.05) is 0 Å². The molecule has 0 spiro atoms. The molecule has 4 heteroatoms. The van der Waals surface area contributed by atoms with Crippen molar-refractivity contribution in [3.63, 3.8) is 0 Å². The van der Waals surface area contributed by atoms with Crippen molar-refractivity contribution in [3.8, 4) is 0 Å². The fourth-order valence-electron chi connectivity index (χ4n) is 2.41. The van der Waals surface area contributed by atoms with Crippen molar-refractivity contribution in [1.82, 2.24) is 10.7 Å². The third-order valence-electron chi connectivity index (χ3n) is 3.28. The summed E-state index contributed by atoms with van der Waals surface area (Å²) in [5.41, 5.74) is 6.04. The summed E-state index contributed by atoms with van der Waals surface area (Å²) in [6.07, 6.45) is 1.10. The van der Waals surface area contributed by atoms with Crippen LogP contribution in [0.15, 0.2) is 16.5 Å². The van der Waals surface area contributed by atoms with Gasteiger partial charge in [-0.25, -0.2) is 0 Å². The smallest absolute Gasteiger partial charge is 0.0877 e. The molecule has 0 aliphatic carbocycles. The van der Waals surface area contributed by atoms with Crippen LogP contribution in [0.2, 0.25) is 0 Å². The van der Waals surface area contributed by atoms with E-state index >= 15 is 0 Å². The zero-order valence-corrected chi connectivity index (χ0v) is 9.60. The summed E-state index contributed by atoms with van der Waals surface area (Å²) in [7, 11) is 0. The van der Waals surface area contributed by atoms with E-state index in [4.69, 9.17) is 0 Å². The molecule has 1 fully saturated rings. The van der Waals surface area contributed by atoms with Gasteiger partial charge < -0.3 is 10.7 Å². The van der Waals surface area contributed by atoms with Crippen molar-refractivity contribution in [2.45, 2.75) is 19.4 Å². The molecule has 80 valence electrons. The summed E-state index contributed by atoms with van der Waals surface area (Å²) in [4.78, 5) is 1.45. The van der Waals surface area contributed by atoms with Crippen LogP contribution in [0.25, 0.3) is 0 Å². The van der Waals surface area contributed by atoms with Crippen molar-refractivity contribution >= 4 is 17.0 Å². The molecule has 0 amide bonds. The molecule has 1 aromatic rings. The highest BCUT2D eigenvalue weighted by Gasteiger charge is 2.35. The lowest BCUT2D eigenvalue weighted by Gasteiger charge is -2.24. The lowest BCUT2D eigenvalue weighted by molar-refractivity contribution is 0.455. The van der Waals surface area contributed by atoms with Gasteiger partial charge in [-0.2, -0.15) is 5.10 Å². The first-order valence-electron chi connectivity index (χ1n) is 5.43. The minimum atomic E-state index is 0.410. The molecule has 3 rings (SSSR count). The molecule has 1 aromatic heterocycles. The number of piperidine rings is 1. The summed E-state index contributed by atoms with van der Waals surface area (Å²) in [5.74, 6) is 0.566. The van der Waals surface area contributed by atoms with Crippen molar-refractivity contribution in [3.05, 3.63) is 21.9 Å². The molecule has 2 atom stereocenters. The standard InChI is InChI=1S/C11H15N3S/c1-7-3-5-15-11(7)10-8-6-12-4-2-9(8)13-14-10/h3,5,8,10,12,14H,2,4,6H2,1H3. The number of hydrogen-bond acceptors (Lipinski definition) is 4. The van der Waals surface area contributed by atoms with Gasteiger partial charge in [0.05, 0.1) is 6.04 Å². The van der Waals surface area contributed by atoms with Crippen LogP contribution in [0.3, 0.4) is 0 Å². The summed E-state index contributed by atoms with van der Waals surface area (Å²) < 4.78 is 0. The Kier molecular flexibility index (Phi) is 2.25. The van der Waals surface area contributed by atoms with Crippen LogP contribution in [-0.2, 0) is 0 Å². The predicted molar refractivity (Wildman–Crippen MR) is 63.3 cm³/mol. The van der Waals surface area contributed by atoms with Gasteiger partial charge in [0.15, 0.2) is 0 Å². The van der Waals surface area contributed by atoms with Crippen molar-refractivity contribution in [2.24, 2.45) is 11.0 Å². The summed E-state index contributed by atoms with van der Waals surface area (Å²) in [6.45, 7) is 4.32. The van der Waals surface area contributed by atoms with E-state index in [0.717, 1.165) is 19.5 Å². The molecule has 2 N–H and O–H groups in total. The lowest BCUT2D eigenvalue weighted by Crippen LogP contribution is -2.38. The van der Waals surface area contributed by atoms with Crippen LogP contribution < -0.4 is 10.7 Å². The monoisotopic (exact) mass is 221 g/mol. The van der Waals surface area contributed by atoms with Crippen LogP contribution >= 0.6 is 11.3 Å². The van der Waals surface area contributed by atoms with Gasteiger partial charge in [-0.15, -0.1) is 11.3 Å². The summed E-state index contributed by atoms with van der Waals surface area (Å²) >= 11 is 1.84. The summed E-state index contributed by atoms with van der Waals surface area (Å²) in [5, 5.41) is 10.1. The van der Waals surface area contributed by atoms with E-state index < -0.39 is 0 Å². The Morgan fingerprint density at radius 1 is 1.53 bits per heavy atom. The van der Waals surface area contributed by atoms with Gasteiger partial charge in [-0.05, 0) is 23.9 Å². The van der Waals surface area contributed by atoms with Crippen LogP contribution in [0, 0.1) is 12.8 Å². The number of fused-ring (bicyclic) bond motifs is 1. The van der Waals surface area contributed by atoms with Gasteiger partial charge >= 0.3 is 0 Å². The van der Waals surface area contributed by atoms with E-state index in [2.05, 4.69) is 34.2 Å². The number of aryl methyl sites for hydroxylation is 1. The Hall–Kier alpha value is -0.870. The highest BCUT2D eigenvalue weighted by Crippen LogP contribution is 2.34. The third-order valence-corrected chi connectivity index (χ3v) is 4.39. The highest BCUT2D eigenvalue weighted by molar-refractivity contribution is 7.10. The van der Waals surface area contributed by atoms with E-state index in [1.165, 1.54) is 16.2 Å². The van der Waals surface area contributed by atoms with Gasteiger partial charge in [-0.3, -0.25) is 0 Å². The average Bonchev–Trinajstić information content (AvgIpc) is 2.83. The fourth-order valence-corrected chi connectivity index (χ4v) is 3.45. The van der Waals surface area contributed by atoms with E-state index in [1.54, 1.807) is 0 Å². The summed E-state index contributed by atoms with van der Waals surface area (Å²) in [6, 6.07) is 2.60. The molecule has 2 aliphatic heterocycles. The maximum atomic E-state index is 4.47. The first kappa shape index (κ1) is 9.36. The molecule has 2 unspecified atom stereocenters. The fraction of sp³-hybridized carbons (Fsp3) is 0.545. The largest absolute Gasteiger partial charge is 0.316 e. The molecule has 0 saturated carbocycles.